The van der Waals surface area contributed by atoms with Gasteiger partial charge in [0.2, 0.25) is 0 Å². The smallest absolute Gasteiger partial charge is 0.261 e. The lowest BCUT2D eigenvalue weighted by Crippen LogP contribution is -2.36. The van der Waals surface area contributed by atoms with E-state index >= 15 is 0 Å². The van der Waals surface area contributed by atoms with Crippen LogP contribution in [-0.4, -0.2) is 23.7 Å². The van der Waals surface area contributed by atoms with E-state index in [-0.39, 0.29) is 18.6 Å². The summed E-state index contributed by atoms with van der Waals surface area (Å²) in [4.78, 5) is 14.3. The number of hydrogen-bond donors (Lipinski definition) is 2. The van der Waals surface area contributed by atoms with Gasteiger partial charge < -0.3 is 10.4 Å². The molecule has 0 aromatic carbocycles. The molecule has 1 saturated carbocycles. The minimum absolute atomic E-state index is 0.0285. The molecule has 1 fully saturated rings. The van der Waals surface area contributed by atoms with Crippen molar-refractivity contribution >= 4 is 17.2 Å². The van der Waals surface area contributed by atoms with Crippen molar-refractivity contribution in [2.24, 2.45) is 5.92 Å². The number of amides is 1. The van der Waals surface area contributed by atoms with Gasteiger partial charge >= 0.3 is 0 Å². The molecule has 4 heteroatoms. The third kappa shape index (κ3) is 3.80. The summed E-state index contributed by atoms with van der Waals surface area (Å²) in [7, 11) is 0. The molecule has 1 aliphatic rings. The molecule has 1 aliphatic carbocycles. The first kappa shape index (κ1) is 14.5. The normalized spacial score (nSPS) is 16.4. The van der Waals surface area contributed by atoms with E-state index in [2.05, 4.69) is 19.2 Å². The number of carbonyl (C=O) groups is 1. The molecule has 106 valence electrons. The Balaban J connectivity index is 2.00. The Morgan fingerprint density at radius 2 is 2.32 bits per heavy atom. The van der Waals surface area contributed by atoms with E-state index in [1.165, 1.54) is 23.3 Å². The van der Waals surface area contributed by atoms with Crippen LogP contribution >= 0.6 is 11.3 Å². The van der Waals surface area contributed by atoms with Gasteiger partial charge in [-0.15, -0.1) is 11.3 Å². The zero-order chi connectivity index (χ0) is 13.8. The summed E-state index contributed by atoms with van der Waals surface area (Å²) in [6, 6.07) is 2.18. The Labute approximate surface area is 119 Å². The predicted molar refractivity (Wildman–Crippen MR) is 78.7 cm³/mol. The second-order valence-electron chi connectivity index (χ2n) is 5.37. The standard InChI is InChI=1S/C15H23NO2S/c1-3-4-12-9-14(19-10(12)2)15(18)16-13(7-8-17)11-5-6-11/h9,11,13,17H,3-8H2,1-2H3,(H,16,18). The first-order chi connectivity index (χ1) is 9.15. The molecular weight excluding hydrogens is 258 g/mol. The Morgan fingerprint density at radius 3 is 2.89 bits per heavy atom. The molecule has 1 aromatic heterocycles. The first-order valence-electron chi connectivity index (χ1n) is 7.16. The van der Waals surface area contributed by atoms with E-state index in [0.717, 1.165) is 17.7 Å². The Morgan fingerprint density at radius 1 is 1.58 bits per heavy atom. The van der Waals surface area contributed by atoms with Crippen molar-refractivity contribution in [1.82, 2.24) is 5.32 Å². The van der Waals surface area contributed by atoms with Gasteiger partial charge in [0.1, 0.15) is 0 Å². The number of nitrogens with one attached hydrogen (secondary N) is 1. The van der Waals surface area contributed by atoms with E-state index in [9.17, 15) is 4.79 Å². The molecular formula is C15H23NO2S. The van der Waals surface area contributed by atoms with Gasteiger partial charge in [0.15, 0.2) is 0 Å². The molecule has 0 radical (unpaired) electrons. The van der Waals surface area contributed by atoms with Crippen molar-refractivity contribution in [2.75, 3.05) is 6.61 Å². The summed E-state index contributed by atoms with van der Waals surface area (Å²) in [5, 5.41) is 12.2. The molecule has 1 amide bonds. The van der Waals surface area contributed by atoms with Crippen molar-refractivity contribution in [3.8, 4) is 0 Å². The Hall–Kier alpha value is -0.870. The number of aliphatic hydroxyl groups is 1. The quantitative estimate of drug-likeness (QED) is 0.807. The highest BCUT2D eigenvalue weighted by molar-refractivity contribution is 7.14. The average Bonchev–Trinajstić information content (AvgIpc) is 3.15. The molecule has 1 heterocycles. The number of thiophene rings is 1. The van der Waals surface area contributed by atoms with Crippen LogP contribution in [0, 0.1) is 12.8 Å². The number of carbonyl (C=O) groups excluding carboxylic acids is 1. The second-order valence-corrected chi connectivity index (χ2v) is 6.63. The highest BCUT2D eigenvalue weighted by Gasteiger charge is 2.32. The van der Waals surface area contributed by atoms with Crippen molar-refractivity contribution < 1.29 is 9.90 Å². The molecule has 0 saturated heterocycles. The van der Waals surface area contributed by atoms with Gasteiger partial charge in [-0.2, -0.15) is 0 Å². The van der Waals surface area contributed by atoms with E-state index < -0.39 is 0 Å². The van der Waals surface area contributed by atoms with Crippen LogP contribution in [0.5, 0.6) is 0 Å². The number of rotatable bonds is 7. The van der Waals surface area contributed by atoms with Crippen LogP contribution < -0.4 is 5.32 Å². The highest BCUT2D eigenvalue weighted by Crippen LogP contribution is 2.34. The molecule has 1 atom stereocenters. The molecule has 0 bridgehead atoms. The van der Waals surface area contributed by atoms with Gasteiger partial charge in [-0.1, -0.05) is 13.3 Å². The minimum atomic E-state index is 0.0285. The van der Waals surface area contributed by atoms with Gasteiger partial charge in [0, 0.05) is 17.5 Å². The molecule has 2 rings (SSSR count). The molecule has 1 unspecified atom stereocenters. The molecule has 0 aliphatic heterocycles. The summed E-state index contributed by atoms with van der Waals surface area (Å²) in [6.07, 6.45) is 5.17. The summed E-state index contributed by atoms with van der Waals surface area (Å²) in [5.74, 6) is 0.605. The molecule has 3 nitrogen and oxygen atoms in total. The van der Waals surface area contributed by atoms with Crippen molar-refractivity contribution in [1.29, 1.82) is 0 Å². The fourth-order valence-corrected chi connectivity index (χ4v) is 3.43. The number of hydrogen-bond acceptors (Lipinski definition) is 3. The lowest BCUT2D eigenvalue weighted by atomic mass is 10.1. The van der Waals surface area contributed by atoms with Gasteiger partial charge in [-0.05, 0) is 50.2 Å². The highest BCUT2D eigenvalue weighted by atomic mass is 32.1. The van der Waals surface area contributed by atoms with E-state index in [1.807, 2.05) is 6.07 Å². The molecule has 0 spiro atoms. The summed E-state index contributed by atoms with van der Waals surface area (Å²) in [6.45, 7) is 4.38. The van der Waals surface area contributed by atoms with Crippen LogP contribution in [0.4, 0.5) is 0 Å². The first-order valence-corrected chi connectivity index (χ1v) is 7.98. The van der Waals surface area contributed by atoms with Gasteiger partial charge in [-0.3, -0.25) is 4.79 Å². The second kappa shape index (κ2) is 6.53. The SMILES string of the molecule is CCCc1cc(C(=O)NC(CCO)C2CC2)sc1C. The monoisotopic (exact) mass is 281 g/mol. The third-order valence-corrected chi connectivity index (χ3v) is 4.80. The van der Waals surface area contributed by atoms with E-state index in [4.69, 9.17) is 5.11 Å². The predicted octanol–water partition coefficient (Wildman–Crippen LogP) is 2.90. The summed E-state index contributed by atoms with van der Waals surface area (Å²) < 4.78 is 0. The van der Waals surface area contributed by atoms with Crippen LogP contribution in [0.2, 0.25) is 0 Å². The van der Waals surface area contributed by atoms with Crippen LogP contribution in [0.1, 0.15) is 52.7 Å². The molecule has 19 heavy (non-hydrogen) atoms. The van der Waals surface area contributed by atoms with E-state index in [0.29, 0.717) is 12.3 Å². The Bertz CT molecular complexity index is 437. The summed E-state index contributed by atoms with van der Waals surface area (Å²) >= 11 is 1.58. The van der Waals surface area contributed by atoms with Crippen LogP contribution in [0.15, 0.2) is 6.07 Å². The zero-order valence-electron chi connectivity index (χ0n) is 11.7. The maximum absolute atomic E-state index is 12.2. The van der Waals surface area contributed by atoms with Crippen molar-refractivity contribution in [2.45, 2.75) is 52.0 Å². The number of aliphatic hydroxyl groups excluding tert-OH is 1. The van der Waals surface area contributed by atoms with Gasteiger partial charge in [-0.25, -0.2) is 0 Å². The minimum Gasteiger partial charge on any atom is -0.396 e. The maximum atomic E-state index is 12.2. The van der Waals surface area contributed by atoms with Crippen molar-refractivity contribution in [3.05, 3.63) is 21.4 Å². The maximum Gasteiger partial charge on any atom is 0.261 e. The van der Waals surface area contributed by atoms with Crippen LogP contribution in [0.25, 0.3) is 0 Å². The van der Waals surface area contributed by atoms with Crippen LogP contribution in [0.3, 0.4) is 0 Å². The van der Waals surface area contributed by atoms with Crippen molar-refractivity contribution in [3.63, 3.8) is 0 Å². The lowest BCUT2D eigenvalue weighted by molar-refractivity contribution is 0.0928. The fraction of sp³-hybridized carbons (Fsp3) is 0.667. The van der Waals surface area contributed by atoms with E-state index in [1.54, 1.807) is 11.3 Å². The van der Waals surface area contributed by atoms with Gasteiger partial charge in [0.25, 0.3) is 5.91 Å². The summed E-state index contributed by atoms with van der Waals surface area (Å²) in [5.41, 5.74) is 1.29. The molecule has 1 aromatic rings. The fourth-order valence-electron chi connectivity index (χ4n) is 2.45. The Kier molecular flexibility index (Phi) is 4.99. The largest absolute Gasteiger partial charge is 0.396 e. The van der Waals surface area contributed by atoms with Crippen LogP contribution in [-0.2, 0) is 6.42 Å². The third-order valence-electron chi connectivity index (χ3n) is 3.71. The van der Waals surface area contributed by atoms with Gasteiger partial charge in [0.05, 0.1) is 4.88 Å². The zero-order valence-corrected chi connectivity index (χ0v) is 12.6. The average molecular weight is 281 g/mol. The topological polar surface area (TPSA) is 49.3 Å². The number of aryl methyl sites for hydroxylation is 2. The lowest BCUT2D eigenvalue weighted by Gasteiger charge is -2.16. The molecule has 2 N–H and O–H groups in total.